The number of fused-ring (bicyclic) bond motifs is 1. The Balaban J connectivity index is 2.62. The van der Waals surface area contributed by atoms with Gasteiger partial charge in [0.15, 0.2) is 6.07 Å². The van der Waals surface area contributed by atoms with Crippen LogP contribution >= 0.6 is 0 Å². The molecule has 0 spiro atoms. The maximum absolute atomic E-state index is 11.9. The Morgan fingerprint density at radius 1 is 1.38 bits per heavy atom. The van der Waals surface area contributed by atoms with Crippen molar-refractivity contribution in [1.29, 1.82) is 5.26 Å². The molecule has 0 aliphatic rings. The summed E-state index contributed by atoms with van der Waals surface area (Å²) in [4.78, 5) is 11.8. The van der Waals surface area contributed by atoms with Crippen LogP contribution in [0, 0.1) is 21.7 Å². The molecule has 0 unspecified atom stereocenters. The van der Waals surface area contributed by atoms with Crippen molar-refractivity contribution in [3.05, 3.63) is 39.9 Å². The molecule has 1 aromatic carbocycles. The van der Waals surface area contributed by atoms with Crippen LogP contribution in [0.15, 0.2) is 18.2 Å². The van der Waals surface area contributed by atoms with Gasteiger partial charge in [0.2, 0.25) is 0 Å². The molecule has 1 amide bonds. The predicted octanol–water partition coefficient (Wildman–Crippen LogP) is -0.176. The molecule has 0 fully saturated rings. The monoisotopic (exact) mass is 288 g/mol. The average molecular weight is 288 g/mol. The van der Waals surface area contributed by atoms with Gasteiger partial charge in [-0.2, -0.15) is 5.26 Å². The van der Waals surface area contributed by atoms with Gasteiger partial charge in [0.1, 0.15) is 0 Å². The van der Waals surface area contributed by atoms with E-state index < -0.39 is 11.6 Å². The zero-order valence-corrected chi connectivity index (χ0v) is 11.2. The van der Waals surface area contributed by atoms with Crippen molar-refractivity contribution in [1.82, 2.24) is 5.32 Å². The predicted molar refractivity (Wildman–Crippen MR) is 70.9 cm³/mol. The number of rotatable bonds is 3. The van der Waals surface area contributed by atoms with Crippen molar-refractivity contribution in [2.45, 2.75) is 13.3 Å². The molecule has 0 bridgehead atoms. The third-order valence-corrected chi connectivity index (χ3v) is 2.92. The number of hydrogen-bond donors (Lipinski definition) is 2. The quantitative estimate of drug-likeness (QED) is 0.598. The molecule has 21 heavy (non-hydrogen) atoms. The fourth-order valence-corrected chi connectivity index (χ4v) is 1.86. The van der Waals surface area contributed by atoms with Crippen LogP contribution in [0.1, 0.15) is 29.4 Å². The lowest BCUT2D eigenvalue weighted by molar-refractivity contribution is -0.636. The lowest BCUT2D eigenvalue weighted by Gasteiger charge is -2.07. The van der Waals surface area contributed by atoms with Gasteiger partial charge in [0, 0.05) is 24.2 Å². The molecular formula is C13H12N4O4. The number of aromatic hydroxyl groups is 1. The highest BCUT2D eigenvalue weighted by atomic mass is 16.5. The van der Waals surface area contributed by atoms with Crippen LogP contribution in [-0.2, 0) is 0 Å². The standard InChI is InChI=1S/C13H12N4O4/c1-2-5-15-12(18)8-3-4-9-10(6-8)17(21)13(19)11(7-14)16(9)20/h3-4,6,19H,2,5H2,1H3,(H,15,18). The van der Waals surface area contributed by atoms with Crippen molar-refractivity contribution < 1.29 is 19.4 Å². The summed E-state index contributed by atoms with van der Waals surface area (Å²) in [5.74, 6) is -1.38. The van der Waals surface area contributed by atoms with Gasteiger partial charge in [0.05, 0.1) is 0 Å². The van der Waals surface area contributed by atoms with Crippen LogP contribution in [0.2, 0.25) is 0 Å². The van der Waals surface area contributed by atoms with E-state index in [0.29, 0.717) is 6.54 Å². The van der Waals surface area contributed by atoms with E-state index in [-0.39, 0.29) is 32.0 Å². The minimum absolute atomic E-state index is 0.0545. The molecule has 8 nitrogen and oxygen atoms in total. The van der Waals surface area contributed by atoms with Gasteiger partial charge in [-0.25, -0.2) is 0 Å². The summed E-state index contributed by atoms with van der Waals surface area (Å²) < 4.78 is 0.214. The fraction of sp³-hybridized carbons (Fsp3) is 0.231. The van der Waals surface area contributed by atoms with E-state index in [2.05, 4.69) is 5.32 Å². The van der Waals surface area contributed by atoms with E-state index in [0.717, 1.165) is 6.42 Å². The molecule has 108 valence electrons. The molecule has 8 heteroatoms. The first-order chi connectivity index (χ1) is 10.0. The maximum atomic E-state index is 11.9. The molecule has 0 aliphatic carbocycles. The van der Waals surface area contributed by atoms with E-state index in [1.165, 1.54) is 24.3 Å². The fourth-order valence-electron chi connectivity index (χ4n) is 1.86. The highest BCUT2D eigenvalue weighted by molar-refractivity contribution is 5.96. The van der Waals surface area contributed by atoms with Gasteiger partial charge >= 0.3 is 11.6 Å². The summed E-state index contributed by atoms with van der Waals surface area (Å²) >= 11 is 0. The lowest BCUT2D eigenvalue weighted by Crippen LogP contribution is -2.41. The first-order valence-corrected chi connectivity index (χ1v) is 6.21. The van der Waals surface area contributed by atoms with E-state index in [1.807, 2.05) is 6.92 Å². The number of aromatic nitrogens is 2. The van der Waals surface area contributed by atoms with Crippen molar-refractivity contribution in [2.75, 3.05) is 6.54 Å². The smallest absolute Gasteiger partial charge is 0.465 e. The van der Waals surface area contributed by atoms with Crippen LogP contribution in [-0.4, -0.2) is 17.6 Å². The molecule has 0 saturated carbocycles. The van der Waals surface area contributed by atoms with Gasteiger partial charge in [-0.1, -0.05) is 6.92 Å². The Kier molecular flexibility index (Phi) is 3.75. The van der Waals surface area contributed by atoms with E-state index in [9.17, 15) is 20.3 Å². The highest BCUT2D eigenvalue weighted by Gasteiger charge is 2.28. The summed E-state index contributed by atoms with van der Waals surface area (Å²) in [7, 11) is 0. The molecule has 2 N–H and O–H groups in total. The highest BCUT2D eigenvalue weighted by Crippen LogP contribution is 2.15. The summed E-state index contributed by atoms with van der Waals surface area (Å²) in [6.45, 7) is 2.38. The second-order valence-corrected chi connectivity index (χ2v) is 4.33. The second-order valence-electron chi connectivity index (χ2n) is 4.33. The lowest BCUT2D eigenvalue weighted by atomic mass is 10.1. The number of nitrogens with zero attached hydrogens (tertiary/aromatic N) is 3. The van der Waals surface area contributed by atoms with Crippen molar-refractivity contribution in [3.8, 4) is 11.9 Å². The van der Waals surface area contributed by atoms with Gasteiger partial charge < -0.3 is 20.8 Å². The summed E-state index contributed by atoms with van der Waals surface area (Å²) in [6, 6.07) is 5.30. The molecule has 2 aromatic rings. The third-order valence-electron chi connectivity index (χ3n) is 2.92. The van der Waals surface area contributed by atoms with Crippen LogP contribution in [0.4, 0.5) is 0 Å². The molecule has 1 heterocycles. The normalized spacial score (nSPS) is 10.3. The number of nitriles is 1. The van der Waals surface area contributed by atoms with Crippen LogP contribution in [0.25, 0.3) is 11.0 Å². The number of amides is 1. The van der Waals surface area contributed by atoms with Crippen LogP contribution in [0.5, 0.6) is 5.88 Å². The molecule has 0 saturated heterocycles. The zero-order valence-electron chi connectivity index (χ0n) is 11.2. The Labute approximate surface area is 119 Å². The zero-order chi connectivity index (χ0) is 15.6. The molecule has 2 rings (SSSR count). The Morgan fingerprint density at radius 3 is 2.71 bits per heavy atom. The van der Waals surface area contributed by atoms with Crippen molar-refractivity contribution in [2.24, 2.45) is 0 Å². The number of carbonyl (C=O) groups excluding carboxylic acids is 1. The summed E-state index contributed by atoms with van der Waals surface area (Å²) in [6.07, 6.45) is 0.758. The SMILES string of the molecule is CCCNC(=O)c1ccc2c(c1)[n+]([O-])c(O)c(C#N)[n+]2[O-]. The Morgan fingerprint density at radius 2 is 2.10 bits per heavy atom. The number of carbonyl (C=O) groups is 1. The molecular weight excluding hydrogens is 276 g/mol. The van der Waals surface area contributed by atoms with Crippen molar-refractivity contribution >= 4 is 16.9 Å². The van der Waals surface area contributed by atoms with Crippen LogP contribution in [0.3, 0.4) is 0 Å². The van der Waals surface area contributed by atoms with Gasteiger partial charge in [-0.3, -0.25) is 4.79 Å². The van der Waals surface area contributed by atoms with Gasteiger partial charge in [0.25, 0.3) is 16.9 Å². The number of hydrogen-bond acceptors (Lipinski definition) is 5. The summed E-state index contributed by atoms with van der Waals surface area (Å²) in [5, 5.41) is 44.7. The minimum atomic E-state index is -0.994. The van der Waals surface area contributed by atoms with E-state index in [1.54, 1.807) is 0 Å². The molecule has 0 aliphatic heterocycles. The van der Waals surface area contributed by atoms with Crippen LogP contribution < -0.4 is 14.8 Å². The first kappa shape index (κ1) is 14.3. The van der Waals surface area contributed by atoms with E-state index in [4.69, 9.17) is 5.26 Å². The summed E-state index contributed by atoms with van der Waals surface area (Å²) in [5.41, 5.74) is -0.803. The third kappa shape index (κ3) is 2.36. The maximum Gasteiger partial charge on any atom is 0.465 e. The number of nitrogens with one attached hydrogen (secondary N) is 1. The largest absolute Gasteiger partial charge is 0.617 e. The Hall–Kier alpha value is -3.08. The first-order valence-electron chi connectivity index (χ1n) is 6.21. The average Bonchev–Trinajstić information content (AvgIpc) is 2.50. The number of benzene rings is 1. The van der Waals surface area contributed by atoms with E-state index >= 15 is 0 Å². The molecule has 0 radical (unpaired) electrons. The minimum Gasteiger partial charge on any atom is -0.617 e. The van der Waals surface area contributed by atoms with Gasteiger partial charge in [-0.15, -0.1) is 9.46 Å². The Bertz CT molecular complexity index is 767. The second kappa shape index (κ2) is 5.50. The van der Waals surface area contributed by atoms with Crippen molar-refractivity contribution in [3.63, 3.8) is 0 Å². The molecule has 1 aromatic heterocycles. The molecule has 0 atom stereocenters. The topological polar surface area (TPSA) is 127 Å². The van der Waals surface area contributed by atoms with Gasteiger partial charge in [-0.05, 0) is 12.5 Å².